The number of aryl methyl sites for hydroxylation is 1. The zero-order valence-corrected chi connectivity index (χ0v) is 11.6. The molecule has 0 saturated heterocycles. The van der Waals surface area contributed by atoms with Gasteiger partial charge in [-0.05, 0) is 6.42 Å². The van der Waals surface area contributed by atoms with Gasteiger partial charge in [0.2, 0.25) is 16.0 Å². The number of fused-ring (bicyclic) bond motifs is 1. The molecule has 0 saturated carbocycles. The second-order valence-corrected chi connectivity index (χ2v) is 5.42. The number of hydrogen-bond acceptors (Lipinski definition) is 5. The number of nitrogens with zero attached hydrogens (tertiary/aromatic N) is 4. The Bertz CT molecular complexity index is 545. The Labute approximate surface area is 109 Å². The SMILES string of the molecule is CCCCc1nnc2sc(NC(=O)C(C)C)nn12. The zero-order chi connectivity index (χ0) is 13.1. The van der Waals surface area contributed by atoms with Gasteiger partial charge in [-0.3, -0.25) is 4.79 Å². The molecule has 0 aliphatic rings. The van der Waals surface area contributed by atoms with Gasteiger partial charge in [-0.15, -0.1) is 15.3 Å². The van der Waals surface area contributed by atoms with E-state index in [9.17, 15) is 4.79 Å². The first kappa shape index (κ1) is 12.9. The number of nitrogens with one attached hydrogen (secondary N) is 1. The van der Waals surface area contributed by atoms with Crippen LogP contribution < -0.4 is 5.32 Å². The van der Waals surface area contributed by atoms with E-state index in [0.717, 1.165) is 30.0 Å². The molecule has 0 spiro atoms. The Morgan fingerprint density at radius 1 is 1.44 bits per heavy atom. The van der Waals surface area contributed by atoms with Crippen LogP contribution in [0.25, 0.3) is 4.96 Å². The lowest BCUT2D eigenvalue weighted by Gasteiger charge is -2.02. The Hall–Kier alpha value is -1.50. The summed E-state index contributed by atoms with van der Waals surface area (Å²) in [5.41, 5.74) is 0. The molecule has 0 atom stereocenters. The summed E-state index contributed by atoms with van der Waals surface area (Å²) in [6.45, 7) is 5.83. The third-order valence-corrected chi connectivity index (χ3v) is 3.38. The van der Waals surface area contributed by atoms with Crippen molar-refractivity contribution in [1.29, 1.82) is 0 Å². The highest BCUT2D eigenvalue weighted by atomic mass is 32.1. The Kier molecular flexibility index (Phi) is 3.90. The molecule has 6 nitrogen and oxygen atoms in total. The van der Waals surface area contributed by atoms with Crippen LogP contribution in [0.15, 0.2) is 0 Å². The summed E-state index contributed by atoms with van der Waals surface area (Å²) < 4.78 is 1.72. The van der Waals surface area contributed by atoms with E-state index in [1.807, 2.05) is 13.8 Å². The van der Waals surface area contributed by atoms with E-state index in [4.69, 9.17) is 0 Å². The molecule has 1 amide bonds. The molecule has 2 aromatic heterocycles. The zero-order valence-electron chi connectivity index (χ0n) is 10.8. The normalized spacial score (nSPS) is 11.3. The van der Waals surface area contributed by atoms with Crippen LogP contribution in [0.2, 0.25) is 0 Å². The smallest absolute Gasteiger partial charge is 0.236 e. The number of unbranched alkanes of at least 4 members (excludes halogenated alkanes) is 1. The number of aromatic nitrogens is 4. The fraction of sp³-hybridized carbons (Fsp3) is 0.636. The van der Waals surface area contributed by atoms with Crippen molar-refractivity contribution in [2.45, 2.75) is 40.0 Å². The van der Waals surface area contributed by atoms with E-state index in [1.54, 1.807) is 4.52 Å². The first-order valence-corrected chi connectivity index (χ1v) is 6.95. The molecule has 18 heavy (non-hydrogen) atoms. The van der Waals surface area contributed by atoms with E-state index in [2.05, 4.69) is 27.5 Å². The summed E-state index contributed by atoms with van der Waals surface area (Å²) in [7, 11) is 0. The molecule has 0 aliphatic heterocycles. The molecule has 2 heterocycles. The molecule has 0 bridgehead atoms. The van der Waals surface area contributed by atoms with Gasteiger partial charge >= 0.3 is 0 Å². The van der Waals surface area contributed by atoms with Crippen LogP contribution in [0.1, 0.15) is 39.4 Å². The molecule has 0 fully saturated rings. The first-order chi connectivity index (χ1) is 8.61. The highest BCUT2D eigenvalue weighted by Gasteiger charge is 2.14. The summed E-state index contributed by atoms with van der Waals surface area (Å²) in [5, 5.41) is 15.8. The van der Waals surface area contributed by atoms with Crippen LogP contribution in [0.3, 0.4) is 0 Å². The van der Waals surface area contributed by atoms with Gasteiger partial charge in [0.25, 0.3) is 0 Å². The third kappa shape index (κ3) is 2.66. The minimum absolute atomic E-state index is 0.0323. The topological polar surface area (TPSA) is 72.2 Å². The summed E-state index contributed by atoms with van der Waals surface area (Å²) in [5.74, 6) is 0.766. The molecule has 0 aromatic carbocycles. The summed E-state index contributed by atoms with van der Waals surface area (Å²) >= 11 is 1.34. The number of amides is 1. The maximum atomic E-state index is 11.6. The fourth-order valence-electron chi connectivity index (χ4n) is 1.45. The van der Waals surface area contributed by atoms with E-state index in [0.29, 0.717) is 5.13 Å². The number of carbonyl (C=O) groups excluding carboxylic acids is 1. The monoisotopic (exact) mass is 267 g/mol. The predicted molar refractivity (Wildman–Crippen MR) is 70.7 cm³/mol. The second kappa shape index (κ2) is 5.43. The molecular formula is C11H17N5OS. The molecule has 0 unspecified atom stereocenters. The molecule has 7 heteroatoms. The Morgan fingerprint density at radius 3 is 2.89 bits per heavy atom. The number of hydrogen-bond donors (Lipinski definition) is 1. The van der Waals surface area contributed by atoms with Gasteiger partial charge in [0.05, 0.1) is 0 Å². The van der Waals surface area contributed by atoms with Crippen molar-refractivity contribution in [2.75, 3.05) is 5.32 Å². The predicted octanol–water partition coefficient (Wildman–Crippen LogP) is 2.12. The van der Waals surface area contributed by atoms with Crippen molar-refractivity contribution < 1.29 is 4.79 Å². The molecule has 2 rings (SSSR count). The van der Waals surface area contributed by atoms with Crippen LogP contribution in [0.5, 0.6) is 0 Å². The van der Waals surface area contributed by atoms with Crippen LogP contribution >= 0.6 is 11.3 Å². The van der Waals surface area contributed by atoms with Crippen molar-refractivity contribution in [3.63, 3.8) is 0 Å². The van der Waals surface area contributed by atoms with Crippen LogP contribution in [-0.4, -0.2) is 25.7 Å². The highest BCUT2D eigenvalue weighted by Crippen LogP contribution is 2.19. The molecule has 0 aliphatic carbocycles. The largest absolute Gasteiger partial charge is 0.300 e. The third-order valence-electron chi connectivity index (χ3n) is 2.56. The van der Waals surface area contributed by atoms with E-state index < -0.39 is 0 Å². The Balaban J connectivity index is 2.17. The first-order valence-electron chi connectivity index (χ1n) is 6.13. The van der Waals surface area contributed by atoms with Gasteiger partial charge in [0.1, 0.15) is 0 Å². The molecule has 2 aromatic rings. The van der Waals surface area contributed by atoms with Gasteiger partial charge in [0, 0.05) is 12.3 Å². The van der Waals surface area contributed by atoms with Crippen LogP contribution in [-0.2, 0) is 11.2 Å². The quantitative estimate of drug-likeness (QED) is 0.900. The van der Waals surface area contributed by atoms with Gasteiger partial charge in [-0.25, -0.2) is 0 Å². The van der Waals surface area contributed by atoms with E-state index >= 15 is 0 Å². The molecule has 0 radical (unpaired) electrons. The Morgan fingerprint density at radius 2 is 2.22 bits per heavy atom. The number of anilines is 1. The van der Waals surface area contributed by atoms with Gasteiger partial charge in [-0.1, -0.05) is 38.5 Å². The lowest BCUT2D eigenvalue weighted by Crippen LogP contribution is -2.17. The minimum atomic E-state index is -0.0566. The van der Waals surface area contributed by atoms with Gasteiger partial charge in [-0.2, -0.15) is 4.52 Å². The van der Waals surface area contributed by atoms with E-state index in [-0.39, 0.29) is 11.8 Å². The van der Waals surface area contributed by atoms with Gasteiger partial charge in [0.15, 0.2) is 5.82 Å². The fourth-order valence-corrected chi connectivity index (χ4v) is 2.21. The maximum Gasteiger partial charge on any atom is 0.236 e. The number of carbonyl (C=O) groups is 1. The van der Waals surface area contributed by atoms with Crippen molar-refractivity contribution in [3.8, 4) is 0 Å². The van der Waals surface area contributed by atoms with Crippen molar-refractivity contribution in [2.24, 2.45) is 5.92 Å². The van der Waals surface area contributed by atoms with Crippen LogP contribution in [0, 0.1) is 5.92 Å². The van der Waals surface area contributed by atoms with Crippen LogP contribution in [0.4, 0.5) is 5.13 Å². The van der Waals surface area contributed by atoms with E-state index in [1.165, 1.54) is 11.3 Å². The second-order valence-electron chi connectivity index (χ2n) is 4.47. The lowest BCUT2D eigenvalue weighted by atomic mass is 10.2. The molecular weight excluding hydrogens is 250 g/mol. The minimum Gasteiger partial charge on any atom is -0.300 e. The highest BCUT2D eigenvalue weighted by molar-refractivity contribution is 7.20. The van der Waals surface area contributed by atoms with Gasteiger partial charge < -0.3 is 5.32 Å². The average Bonchev–Trinajstić information content (AvgIpc) is 2.86. The lowest BCUT2D eigenvalue weighted by molar-refractivity contribution is -0.118. The van der Waals surface area contributed by atoms with Crippen molar-refractivity contribution >= 4 is 27.3 Å². The summed E-state index contributed by atoms with van der Waals surface area (Å²) in [6.07, 6.45) is 3.03. The maximum absolute atomic E-state index is 11.6. The molecule has 98 valence electrons. The molecule has 1 N–H and O–H groups in total. The standard InChI is InChI=1S/C11H17N5OS/c1-4-5-6-8-13-14-11-16(8)15-10(18-11)12-9(17)7(2)3/h7H,4-6H2,1-3H3,(H,12,15,17). The summed E-state index contributed by atoms with van der Waals surface area (Å²) in [6, 6.07) is 0. The average molecular weight is 267 g/mol. The summed E-state index contributed by atoms with van der Waals surface area (Å²) in [4.78, 5) is 12.3. The number of rotatable bonds is 5. The van der Waals surface area contributed by atoms with Crippen molar-refractivity contribution in [1.82, 2.24) is 19.8 Å². The van der Waals surface area contributed by atoms with Crippen molar-refractivity contribution in [3.05, 3.63) is 5.82 Å².